The number of carbonyl (C=O) groups is 1. The average Bonchev–Trinajstić information content (AvgIpc) is 2.36. The first kappa shape index (κ1) is 16.9. The Morgan fingerprint density at radius 3 is 2.70 bits per heavy atom. The van der Waals surface area contributed by atoms with Crippen LogP contribution in [0.1, 0.15) is 19.4 Å². The summed E-state index contributed by atoms with van der Waals surface area (Å²) in [5, 5.41) is 3.39. The van der Waals surface area contributed by atoms with Gasteiger partial charge >= 0.3 is 0 Å². The van der Waals surface area contributed by atoms with E-state index in [0.717, 1.165) is 5.56 Å². The number of hydrogen-bond acceptors (Lipinski definition) is 3. The molecular formula is C13H19ClN2O3S. The fourth-order valence-electron chi connectivity index (χ4n) is 1.67. The first-order valence-corrected chi connectivity index (χ1v) is 8.36. The van der Waals surface area contributed by atoms with E-state index in [1.54, 1.807) is 6.07 Å². The number of benzene rings is 1. The van der Waals surface area contributed by atoms with Crippen LogP contribution in [0.5, 0.6) is 0 Å². The Bertz CT molecular complexity index is 560. The maximum atomic E-state index is 11.6. The molecule has 0 saturated heterocycles. The van der Waals surface area contributed by atoms with Crippen molar-refractivity contribution in [1.82, 2.24) is 10.0 Å². The van der Waals surface area contributed by atoms with E-state index in [2.05, 4.69) is 10.0 Å². The van der Waals surface area contributed by atoms with E-state index in [9.17, 15) is 13.2 Å². The summed E-state index contributed by atoms with van der Waals surface area (Å²) in [4.78, 5) is 11.6. The summed E-state index contributed by atoms with van der Waals surface area (Å²) in [6.07, 6.45) is 0.632. The van der Waals surface area contributed by atoms with Gasteiger partial charge in [0.1, 0.15) is 0 Å². The molecule has 1 aromatic rings. The topological polar surface area (TPSA) is 75.3 Å². The van der Waals surface area contributed by atoms with Gasteiger partial charge in [0.05, 0.1) is 12.3 Å². The molecule has 0 saturated carbocycles. The minimum atomic E-state index is -3.34. The van der Waals surface area contributed by atoms with Gasteiger partial charge in [-0.2, -0.15) is 0 Å². The van der Waals surface area contributed by atoms with E-state index < -0.39 is 10.0 Å². The highest BCUT2D eigenvalue weighted by molar-refractivity contribution is 7.89. The van der Waals surface area contributed by atoms with Crippen LogP contribution in [0, 0.1) is 0 Å². The zero-order chi connectivity index (χ0) is 15.2. The largest absolute Gasteiger partial charge is 0.352 e. The van der Waals surface area contributed by atoms with Crippen molar-refractivity contribution < 1.29 is 13.2 Å². The van der Waals surface area contributed by atoms with Crippen LogP contribution < -0.4 is 10.0 Å². The van der Waals surface area contributed by atoms with Gasteiger partial charge in [-0.3, -0.25) is 4.79 Å². The van der Waals surface area contributed by atoms with E-state index in [1.165, 1.54) is 6.92 Å². The van der Waals surface area contributed by atoms with Crippen LogP contribution in [0.15, 0.2) is 24.3 Å². The minimum absolute atomic E-state index is 0.0433. The van der Waals surface area contributed by atoms with Crippen molar-refractivity contribution in [2.75, 3.05) is 12.3 Å². The monoisotopic (exact) mass is 318 g/mol. The van der Waals surface area contributed by atoms with Crippen LogP contribution >= 0.6 is 11.6 Å². The lowest BCUT2D eigenvalue weighted by molar-refractivity contribution is -0.120. The average molecular weight is 319 g/mol. The van der Waals surface area contributed by atoms with Crippen LogP contribution in [0.25, 0.3) is 0 Å². The summed E-state index contributed by atoms with van der Waals surface area (Å²) in [6, 6.07) is 7.29. The second-order valence-electron chi connectivity index (χ2n) is 4.53. The Balaban J connectivity index is 2.42. The fourth-order valence-corrected chi connectivity index (χ4v) is 2.44. The van der Waals surface area contributed by atoms with Crippen LogP contribution in [0.4, 0.5) is 0 Å². The zero-order valence-electron chi connectivity index (χ0n) is 11.5. The van der Waals surface area contributed by atoms with E-state index in [-0.39, 0.29) is 24.2 Å². The maximum Gasteiger partial charge on any atom is 0.235 e. The Morgan fingerprint density at radius 1 is 1.40 bits per heavy atom. The van der Waals surface area contributed by atoms with Gasteiger partial charge in [0.25, 0.3) is 0 Å². The summed E-state index contributed by atoms with van der Waals surface area (Å²) in [5.74, 6) is -0.394. The molecule has 0 radical (unpaired) electrons. The normalized spacial score (nSPS) is 12.9. The lowest BCUT2D eigenvalue weighted by atomic mass is 10.1. The predicted octanol–water partition coefficient (Wildman–Crippen LogP) is 1.33. The standard InChI is InChI=1S/C13H19ClN2O3S/c1-3-20(18,19)15-9-13(17)16-10(2)7-11-5-4-6-12(14)8-11/h4-6,8,10,15H,3,7,9H2,1-2H3,(H,16,17). The van der Waals surface area contributed by atoms with Gasteiger partial charge in [-0.15, -0.1) is 0 Å². The zero-order valence-corrected chi connectivity index (χ0v) is 13.1. The SMILES string of the molecule is CCS(=O)(=O)NCC(=O)NC(C)Cc1cccc(Cl)c1. The van der Waals surface area contributed by atoms with Gasteiger partial charge in [0, 0.05) is 11.1 Å². The van der Waals surface area contributed by atoms with Gasteiger partial charge < -0.3 is 5.32 Å². The number of nitrogens with one attached hydrogen (secondary N) is 2. The molecule has 1 aromatic carbocycles. The Morgan fingerprint density at radius 2 is 2.10 bits per heavy atom. The summed E-state index contributed by atoms with van der Waals surface area (Å²) in [5.41, 5.74) is 1.01. The second-order valence-corrected chi connectivity index (χ2v) is 7.06. The Hall–Kier alpha value is -1.11. The predicted molar refractivity (Wildman–Crippen MR) is 80.2 cm³/mol. The van der Waals surface area contributed by atoms with Gasteiger partial charge in [-0.1, -0.05) is 23.7 Å². The van der Waals surface area contributed by atoms with E-state index in [4.69, 9.17) is 11.6 Å². The molecular weight excluding hydrogens is 300 g/mol. The van der Waals surface area contributed by atoms with Crippen molar-refractivity contribution in [2.45, 2.75) is 26.3 Å². The second kappa shape index (κ2) is 7.61. The summed E-state index contributed by atoms with van der Waals surface area (Å²) >= 11 is 5.89. The molecule has 0 spiro atoms. The van der Waals surface area contributed by atoms with Crippen molar-refractivity contribution in [2.24, 2.45) is 0 Å². The first-order chi connectivity index (χ1) is 9.32. The summed E-state index contributed by atoms with van der Waals surface area (Å²) < 4.78 is 24.7. The molecule has 0 aliphatic rings. The van der Waals surface area contributed by atoms with Gasteiger partial charge in [0.15, 0.2) is 0 Å². The smallest absolute Gasteiger partial charge is 0.235 e. The molecule has 1 atom stereocenters. The molecule has 1 amide bonds. The highest BCUT2D eigenvalue weighted by Gasteiger charge is 2.12. The number of rotatable bonds is 7. The molecule has 2 N–H and O–H groups in total. The molecule has 0 heterocycles. The highest BCUT2D eigenvalue weighted by atomic mass is 35.5. The lowest BCUT2D eigenvalue weighted by Gasteiger charge is -2.14. The first-order valence-electron chi connectivity index (χ1n) is 6.33. The minimum Gasteiger partial charge on any atom is -0.352 e. The van der Waals surface area contributed by atoms with Gasteiger partial charge in [0.2, 0.25) is 15.9 Å². The number of sulfonamides is 1. The number of hydrogen-bond donors (Lipinski definition) is 2. The van der Waals surface area contributed by atoms with E-state index in [0.29, 0.717) is 11.4 Å². The van der Waals surface area contributed by atoms with Crippen LogP contribution in [-0.4, -0.2) is 32.7 Å². The van der Waals surface area contributed by atoms with Crippen molar-refractivity contribution in [3.63, 3.8) is 0 Å². The number of halogens is 1. The third-order valence-corrected chi connectivity index (χ3v) is 4.25. The number of amides is 1. The quantitative estimate of drug-likeness (QED) is 0.796. The van der Waals surface area contributed by atoms with Crippen LogP contribution in [0.3, 0.4) is 0 Å². The fraction of sp³-hybridized carbons (Fsp3) is 0.462. The molecule has 0 aliphatic heterocycles. The van der Waals surface area contributed by atoms with Crippen LogP contribution in [0.2, 0.25) is 5.02 Å². The van der Waals surface area contributed by atoms with E-state index in [1.807, 2.05) is 25.1 Å². The maximum absolute atomic E-state index is 11.6. The van der Waals surface area contributed by atoms with Crippen LogP contribution in [-0.2, 0) is 21.2 Å². The molecule has 5 nitrogen and oxygen atoms in total. The van der Waals surface area contributed by atoms with E-state index >= 15 is 0 Å². The molecule has 0 bridgehead atoms. The molecule has 112 valence electrons. The van der Waals surface area contributed by atoms with Crippen molar-refractivity contribution in [3.8, 4) is 0 Å². The van der Waals surface area contributed by atoms with Crippen molar-refractivity contribution >= 4 is 27.5 Å². The number of carbonyl (C=O) groups excluding carboxylic acids is 1. The highest BCUT2D eigenvalue weighted by Crippen LogP contribution is 2.12. The Labute approximate surface area is 124 Å². The molecule has 0 fully saturated rings. The lowest BCUT2D eigenvalue weighted by Crippen LogP contribution is -2.41. The molecule has 1 rings (SSSR count). The summed E-state index contributed by atoms with van der Waals surface area (Å²) in [7, 11) is -3.34. The molecule has 0 aromatic heterocycles. The Kier molecular flexibility index (Phi) is 6.45. The molecule has 20 heavy (non-hydrogen) atoms. The third-order valence-electron chi connectivity index (χ3n) is 2.67. The molecule has 0 aliphatic carbocycles. The molecule has 1 unspecified atom stereocenters. The summed E-state index contributed by atoms with van der Waals surface area (Å²) in [6.45, 7) is 3.13. The van der Waals surface area contributed by atoms with Gasteiger partial charge in [-0.25, -0.2) is 13.1 Å². The third kappa shape index (κ3) is 6.36. The van der Waals surface area contributed by atoms with Crippen molar-refractivity contribution in [3.05, 3.63) is 34.9 Å². The van der Waals surface area contributed by atoms with Crippen molar-refractivity contribution in [1.29, 1.82) is 0 Å². The van der Waals surface area contributed by atoms with Gasteiger partial charge in [-0.05, 0) is 38.0 Å². The molecule has 7 heteroatoms.